The Kier molecular flexibility index (Phi) is 5.45. The molecule has 100 valence electrons. The quantitative estimate of drug-likeness (QED) is 0.868. The smallest absolute Gasteiger partial charge is 0.263 e. The van der Waals surface area contributed by atoms with Gasteiger partial charge in [-0.25, -0.2) is 8.78 Å². The number of hydrogen-bond acceptors (Lipinski definition) is 2. The van der Waals surface area contributed by atoms with Gasteiger partial charge in [-0.15, -0.1) is 0 Å². The molecule has 0 aromatic heterocycles. The van der Waals surface area contributed by atoms with E-state index in [9.17, 15) is 8.78 Å². The van der Waals surface area contributed by atoms with Gasteiger partial charge in [0.25, 0.3) is 6.43 Å². The van der Waals surface area contributed by atoms with Gasteiger partial charge in [-0.3, -0.25) is 0 Å². The fraction of sp³-hybridized carbons (Fsp3) is 0.571. The number of alkyl halides is 2. The van der Waals surface area contributed by atoms with Crippen molar-refractivity contribution in [3.8, 4) is 0 Å². The zero-order chi connectivity index (χ0) is 12.8. The summed E-state index contributed by atoms with van der Waals surface area (Å²) in [4.78, 5) is 0. The molecule has 1 aromatic carbocycles. The summed E-state index contributed by atoms with van der Waals surface area (Å²) in [6.45, 7) is 1.78. The summed E-state index contributed by atoms with van der Waals surface area (Å²) in [5.74, 6) is 1.27. The minimum Gasteiger partial charge on any atom is -0.312 e. The van der Waals surface area contributed by atoms with E-state index in [0.717, 1.165) is 23.9 Å². The van der Waals surface area contributed by atoms with Gasteiger partial charge < -0.3 is 5.32 Å². The number of halogens is 2. The molecule has 1 heterocycles. The van der Waals surface area contributed by atoms with Gasteiger partial charge in [0.1, 0.15) is 0 Å². The van der Waals surface area contributed by atoms with E-state index >= 15 is 0 Å². The van der Waals surface area contributed by atoms with Crippen LogP contribution in [0.5, 0.6) is 0 Å². The third-order valence-electron chi connectivity index (χ3n) is 3.21. The summed E-state index contributed by atoms with van der Waals surface area (Å²) in [6, 6.07) is 6.58. The molecule has 0 aliphatic carbocycles. The van der Waals surface area contributed by atoms with Crippen molar-refractivity contribution in [3.05, 3.63) is 35.4 Å². The van der Waals surface area contributed by atoms with Crippen LogP contribution in [0.3, 0.4) is 0 Å². The fourth-order valence-electron chi connectivity index (χ4n) is 2.13. The molecule has 1 nitrogen and oxygen atoms in total. The lowest BCUT2D eigenvalue weighted by atomic mass is 10.1. The minimum atomic E-state index is -2.37. The normalized spacial score (nSPS) is 20.3. The van der Waals surface area contributed by atoms with Crippen LogP contribution in [0.1, 0.15) is 36.8 Å². The van der Waals surface area contributed by atoms with E-state index in [0.29, 0.717) is 0 Å². The van der Waals surface area contributed by atoms with Gasteiger partial charge in [-0.1, -0.05) is 30.7 Å². The first-order valence-corrected chi connectivity index (χ1v) is 7.50. The second-order valence-corrected chi connectivity index (χ2v) is 6.07. The molecule has 4 heteroatoms. The van der Waals surface area contributed by atoms with Crippen molar-refractivity contribution in [2.45, 2.75) is 37.5 Å². The monoisotopic (exact) mass is 271 g/mol. The average molecular weight is 271 g/mol. The lowest BCUT2D eigenvalue weighted by molar-refractivity contribution is 0.151. The number of thioether (sulfide) groups is 1. The van der Waals surface area contributed by atoms with E-state index in [2.05, 4.69) is 5.32 Å². The second kappa shape index (κ2) is 7.10. The lowest BCUT2D eigenvalue weighted by Crippen LogP contribution is -2.26. The van der Waals surface area contributed by atoms with Gasteiger partial charge in [-0.05, 0) is 24.2 Å². The van der Waals surface area contributed by atoms with Crippen molar-refractivity contribution in [3.63, 3.8) is 0 Å². The molecule has 1 aliphatic rings. The summed E-state index contributed by atoms with van der Waals surface area (Å²) in [7, 11) is 0. The standard InChI is InChI=1S/C14H19F2NS/c15-14(16)12-6-4-11(5-7-12)9-17-10-13-3-1-2-8-18-13/h4-7,13-14,17H,1-3,8-10H2. The van der Waals surface area contributed by atoms with Crippen LogP contribution in [0.2, 0.25) is 0 Å². The van der Waals surface area contributed by atoms with Gasteiger partial charge in [-0.2, -0.15) is 11.8 Å². The Labute approximate surface area is 111 Å². The number of benzene rings is 1. The van der Waals surface area contributed by atoms with Crippen LogP contribution in [-0.4, -0.2) is 17.5 Å². The molecule has 0 saturated carbocycles. The van der Waals surface area contributed by atoms with Gasteiger partial charge in [0, 0.05) is 23.9 Å². The molecule has 1 saturated heterocycles. The highest BCUT2D eigenvalue weighted by atomic mass is 32.2. The molecule has 1 fully saturated rings. The Morgan fingerprint density at radius 3 is 2.61 bits per heavy atom. The second-order valence-electron chi connectivity index (χ2n) is 4.66. The van der Waals surface area contributed by atoms with Crippen LogP contribution in [0, 0.1) is 0 Å². The lowest BCUT2D eigenvalue weighted by Gasteiger charge is -2.21. The van der Waals surface area contributed by atoms with Gasteiger partial charge in [0.05, 0.1) is 0 Å². The van der Waals surface area contributed by atoms with Crippen LogP contribution >= 0.6 is 11.8 Å². The molecular formula is C14H19F2NS. The maximum absolute atomic E-state index is 12.4. The van der Waals surface area contributed by atoms with Crippen LogP contribution in [0.15, 0.2) is 24.3 Å². The van der Waals surface area contributed by atoms with Crippen LogP contribution in [0.25, 0.3) is 0 Å². The summed E-state index contributed by atoms with van der Waals surface area (Å²) in [5, 5.41) is 4.13. The minimum absolute atomic E-state index is 0.0987. The number of hydrogen-bond donors (Lipinski definition) is 1. The van der Waals surface area contributed by atoms with Crippen molar-refractivity contribution >= 4 is 11.8 Å². The van der Waals surface area contributed by atoms with E-state index in [1.165, 1.54) is 37.1 Å². The number of nitrogens with one attached hydrogen (secondary N) is 1. The SMILES string of the molecule is FC(F)c1ccc(CNCC2CCCCS2)cc1. The summed E-state index contributed by atoms with van der Waals surface area (Å²) in [5.41, 5.74) is 1.17. The molecule has 0 radical (unpaired) electrons. The fourth-order valence-corrected chi connectivity index (χ4v) is 3.40. The first kappa shape index (κ1) is 13.8. The van der Waals surface area contributed by atoms with Crippen LogP contribution in [-0.2, 0) is 6.54 Å². The highest BCUT2D eigenvalue weighted by molar-refractivity contribution is 7.99. The Morgan fingerprint density at radius 1 is 1.22 bits per heavy atom. The Hall–Kier alpha value is -0.610. The van der Waals surface area contributed by atoms with Crippen molar-refractivity contribution in [2.24, 2.45) is 0 Å². The van der Waals surface area contributed by atoms with Crippen molar-refractivity contribution in [2.75, 3.05) is 12.3 Å². The third kappa shape index (κ3) is 4.25. The Morgan fingerprint density at radius 2 is 2.00 bits per heavy atom. The molecule has 1 aromatic rings. The Balaban J connectivity index is 1.72. The molecule has 1 atom stereocenters. The molecule has 0 bridgehead atoms. The van der Waals surface area contributed by atoms with E-state index in [1.54, 1.807) is 12.1 Å². The summed E-state index contributed by atoms with van der Waals surface area (Å²) >= 11 is 2.04. The van der Waals surface area contributed by atoms with Crippen molar-refractivity contribution in [1.29, 1.82) is 0 Å². The molecule has 2 rings (SSSR count). The maximum Gasteiger partial charge on any atom is 0.263 e. The van der Waals surface area contributed by atoms with Gasteiger partial charge in [0.15, 0.2) is 0 Å². The zero-order valence-electron chi connectivity index (χ0n) is 10.4. The predicted molar refractivity (Wildman–Crippen MR) is 73.2 cm³/mol. The van der Waals surface area contributed by atoms with E-state index < -0.39 is 6.43 Å². The topological polar surface area (TPSA) is 12.0 Å². The van der Waals surface area contributed by atoms with Crippen LogP contribution in [0.4, 0.5) is 8.78 Å². The summed E-state index contributed by atoms with van der Waals surface area (Å²) in [6.07, 6.45) is 1.60. The molecule has 1 N–H and O–H groups in total. The highest BCUT2D eigenvalue weighted by Crippen LogP contribution is 2.24. The van der Waals surface area contributed by atoms with Crippen molar-refractivity contribution in [1.82, 2.24) is 5.32 Å². The molecule has 1 unspecified atom stereocenters. The van der Waals surface area contributed by atoms with E-state index in [4.69, 9.17) is 0 Å². The zero-order valence-corrected chi connectivity index (χ0v) is 11.2. The predicted octanol–water partition coefficient (Wildman–Crippen LogP) is 4.00. The molecule has 18 heavy (non-hydrogen) atoms. The first-order valence-electron chi connectivity index (χ1n) is 6.45. The number of rotatable bonds is 5. The Bertz CT molecular complexity index is 347. The van der Waals surface area contributed by atoms with Gasteiger partial charge in [0.2, 0.25) is 0 Å². The van der Waals surface area contributed by atoms with Crippen LogP contribution < -0.4 is 5.32 Å². The van der Waals surface area contributed by atoms with Crippen molar-refractivity contribution < 1.29 is 8.78 Å². The van der Waals surface area contributed by atoms with E-state index in [-0.39, 0.29) is 5.56 Å². The van der Waals surface area contributed by atoms with E-state index in [1.807, 2.05) is 11.8 Å². The first-order chi connectivity index (χ1) is 8.75. The third-order valence-corrected chi connectivity index (χ3v) is 4.60. The molecule has 0 spiro atoms. The largest absolute Gasteiger partial charge is 0.312 e. The summed E-state index contributed by atoms with van der Waals surface area (Å²) < 4.78 is 24.8. The molecule has 0 amide bonds. The highest BCUT2D eigenvalue weighted by Gasteiger charge is 2.13. The van der Waals surface area contributed by atoms with Gasteiger partial charge >= 0.3 is 0 Å². The average Bonchev–Trinajstić information content (AvgIpc) is 2.40. The molecule has 1 aliphatic heterocycles. The molecular weight excluding hydrogens is 252 g/mol. The maximum atomic E-state index is 12.4.